The minimum atomic E-state index is -1.67. The molecule has 2 aliphatic rings. The molecule has 97 heavy (non-hydrogen) atoms. The van der Waals surface area contributed by atoms with Gasteiger partial charge in [-0.1, -0.05) is 106 Å². The number of nitrogens with zero attached hydrogens (tertiary/aromatic N) is 1. The number of phenols is 2. The van der Waals surface area contributed by atoms with Gasteiger partial charge >= 0.3 is 0 Å². The fourth-order valence-corrected chi connectivity index (χ4v) is 11.6. The quantitative estimate of drug-likeness (QED) is 0.0420. The summed E-state index contributed by atoms with van der Waals surface area (Å²) in [5.41, 5.74) is 20.0. The second-order valence-electron chi connectivity index (χ2n) is 25.1. The molecular weight excluding hydrogens is 1240 g/mol. The smallest absolute Gasteiger partial charge is 0.246 e. The fourth-order valence-electron chi connectivity index (χ4n) is 11.6. The van der Waals surface area contributed by atoms with E-state index < -0.39 is 138 Å². The van der Waals surface area contributed by atoms with Gasteiger partial charge in [0.1, 0.15) is 71.9 Å². The summed E-state index contributed by atoms with van der Waals surface area (Å²) in [6.45, 7) is 5.87. The number of nitrogens with one attached hydrogen (secondary N) is 10. The Morgan fingerprint density at radius 3 is 1.26 bits per heavy atom. The van der Waals surface area contributed by atoms with Crippen molar-refractivity contribution in [2.24, 2.45) is 23.1 Å². The van der Waals surface area contributed by atoms with Gasteiger partial charge in [-0.25, -0.2) is 0 Å². The molecule has 2 fully saturated rings. The van der Waals surface area contributed by atoms with Crippen LogP contribution < -0.4 is 70.4 Å². The lowest BCUT2D eigenvalue weighted by Gasteiger charge is -2.31. The van der Waals surface area contributed by atoms with Gasteiger partial charge in [-0.3, -0.25) is 52.7 Å². The van der Waals surface area contributed by atoms with Crippen molar-refractivity contribution in [3.63, 3.8) is 0 Å². The number of hydrogen-bond donors (Lipinski definition) is 15. The molecule has 526 valence electrons. The van der Waals surface area contributed by atoms with E-state index in [1.165, 1.54) is 41.3 Å². The molecule has 6 rings (SSSR count). The highest BCUT2D eigenvalue weighted by Crippen LogP contribution is 2.22. The molecule has 11 amide bonds. The Labute approximate surface area is 566 Å². The molecule has 0 saturated carbocycles. The molecule has 0 spiro atoms. The number of aromatic hydroxyl groups is 2. The molecule has 0 unspecified atom stereocenters. The van der Waals surface area contributed by atoms with Crippen LogP contribution in [0.15, 0.2) is 109 Å². The normalized spacial score (nSPS) is 23.3. The lowest BCUT2D eigenvalue weighted by molar-refractivity contribution is -0.142. The molecule has 4 aromatic rings. The lowest BCUT2D eigenvalue weighted by Crippen LogP contribution is -2.62. The van der Waals surface area contributed by atoms with E-state index in [9.17, 15) is 53.4 Å². The molecule has 0 radical (unpaired) electrons. The number of carbonyl (C=O) groups is 11. The summed E-state index contributed by atoms with van der Waals surface area (Å²) < 4.78 is 0. The average Bonchev–Trinajstić information content (AvgIpc) is 1.89. The molecule has 0 aliphatic carbocycles. The predicted octanol–water partition coefficient (Wildman–Crippen LogP) is 0.305. The van der Waals surface area contributed by atoms with Gasteiger partial charge < -0.3 is 85.5 Å². The summed E-state index contributed by atoms with van der Waals surface area (Å²) in [5, 5.41) is 48.1. The van der Waals surface area contributed by atoms with Crippen LogP contribution in [0.4, 0.5) is 0 Å². The van der Waals surface area contributed by atoms with Crippen LogP contribution >= 0.6 is 0 Å². The molecule has 2 heterocycles. The number of rotatable bonds is 24. The predicted molar refractivity (Wildman–Crippen MR) is 363 cm³/mol. The van der Waals surface area contributed by atoms with Gasteiger partial charge in [-0.15, -0.1) is 0 Å². The molecule has 18 N–H and O–H groups in total. The summed E-state index contributed by atoms with van der Waals surface area (Å²) in [7, 11) is 0. The first-order valence-electron chi connectivity index (χ1n) is 33.7. The first-order valence-corrected chi connectivity index (χ1v) is 33.7. The van der Waals surface area contributed by atoms with E-state index in [1.807, 2.05) is 6.92 Å². The molecule has 0 bridgehead atoms. The van der Waals surface area contributed by atoms with Crippen molar-refractivity contribution in [2.75, 3.05) is 32.7 Å². The Kier molecular flexibility index (Phi) is 31.2. The van der Waals surface area contributed by atoms with Crippen molar-refractivity contribution in [3.8, 4) is 11.5 Å². The Morgan fingerprint density at radius 2 is 0.814 bits per heavy atom. The Balaban J connectivity index is 1.48. The van der Waals surface area contributed by atoms with Crippen LogP contribution in [0, 0.1) is 5.92 Å². The molecule has 4 aromatic carbocycles. The van der Waals surface area contributed by atoms with Gasteiger partial charge in [0.2, 0.25) is 65.0 Å². The highest BCUT2D eigenvalue weighted by Gasteiger charge is 2.42. The maximum absolute atomic E-state index is 15.3. The molecule has 10 atom stereocenters. The highest BCUT2D eigenvalue weighted by atomic mass is 16.3. The van der Waals surface area contributed by atoms with Gasteiger partial charge in [0.25, 0.3) is 0 Å². The van der Waals surface area contributed by atoms with Crippen LogP contribution in [0.3, 0.4) is 0 Å². The van der Waals surface area contributed by atoms with E-state index in [4.69, 9.17) is 17.2 Å². The van der Waals surface area contributed by atoms with E-state index >= 15 is 9.59 Å². The minimum Gasteiger partial charge on any atom is -0.508 e. The maximum atomic E-state index is 15.3. The molecule has 27 nitrogen and oxygen atoms in total. The van der Waals surface area contributed by atoms with Crippen molar-refractivity contribution in [1.82, 2.24) is 58.1 Å². The van der Waals surface area contributed by atoms with Crippen LogP contribution in [0.5, 0.6) is 11.5 Å². The number of benzene rings is 4. The first-order chi connectivity index (χ1) is 46.6. The Hall–Kier alpha value is -9.47. The second-order valence-corrected chi connectivity index (χ2v) is 25.1. The SMILES string of the molecule is CCCNC(=O)C[C@H]1NC(=O)[C@@H](CCCCN)NC(=O)[C@@H](Cc2ccccc2)NC(=O)[C@@H]2CCCN2C(=O)[C@@H](Cc2ccccc2)NC(=O)[C@H](Cc2ccc(O)cc2)NC(=O)[C@H](CCCN)NC(=O)[C@H](C(C)C)NC(=O)[C@H](Cc2ccc(O)cc2)NC(=O)[C@H](CCCCN)NC1=O. The summed E-state index contributed by atoms with van der Waals surface area (Å²) in [6, 6.07) is 15.0. The van der Waals surface area contributed by atoms with Gasteiger partial charge in [-0.05, 0) is 143 Å². The molecular formula is C70H98N14O13. The number of amides is 11. The molecule has 27 heteroatoms. The molecule has 2 aliphatic heterocycles. The zero-order valence-corrected chi connectivity index (χ0v) is 55.7. The van der Waals surface area contributed by atoms with Crippen molar-refractivity contribution in [2.45, 2.75) is 184 Å². The van der Waals surface area contributed by atoms with E-state index in [0.29, 0.717) is 54.4 Å². The fraction of sp³-hybridized carbons (Fsp3) is 0.500. The monoisotopic (exact) mass is 1340 g/mol. The Morgan fingerprint density at radius 1 is 0.454 bits per heavy atom. The number of fused-ring (bicyclic) bond motifs is 1. The van der Waals surface area contributed by atoms with Crippen molar-refractivity contribution in [3.05, 3.63) is 131 Å². The van der Waals surface area contributed by atoms with Crippen LogP contribution in [-0.2, 0) is 78.4 Å². The van der Waals surface area contributed by atoms with Gasteiger partial charge in [0, 0.05) is 38.8 Å². The molecule has 2 saturated heterocycles. The number of carbonyl (C=O) groups excluding carboxylic acids is 11. The van der Waals surface area contributed by atoms with Crippen molar-refractivity contribution in [1.29, 1.82) is 0 Å². The zero-order valence-electron chi connectivity index (χ0n) is 55.7. The van der Waals surface area contributed by atoms with Gasteiger partial charge in [-0.2, -0.15) is 0 Å². The van der Waals surface area contributed by atoms with Crippen LogP contribution in [-0.4, -0.2) is 173 Å². The number of nitrogens with two attached hydrogens (primary N) is 3. The van der Waals surface area contributed by atoms with E-state index in [-0.39, 0.29) is 108 Å². The standard InChI is InChI=1S/C70H98N14O13/c1-4-36-74-59(87)42-56-66(93)76-50(21-11-13-33-71)61(88)79-55(40-47-27-31-49(86)32-28-47)67(94)83-60(43(2)3)69(96)77-52(23-15-35-73)63(90)78-53(39-46-25-29-48(85)30-26-46)65(92)82-57(41-45-19-9-6-10-20-45)70(97)84-37-16-24-58(84)68(95)81-54(38-44-17-7-5-8-18-44)64(91)75-51(62(89)80-56)22-12-14-34-72/h5-10,17-20,25-32,43,50-58,60,85-86H,4,11-16,21-24,33-42,71-73H2,1-3H3,(H,74,87)(H,75,91)(H,76,93)(H,77,96)(H,78,90)(H,79,88)(H,80,89)(H,81,95)(H,82,92)(H,83,94)/t50-,51+,52-,53-,54+,55-,56+,57+,58-,60-/m0/s1. The van der Waals surface area contributed by atoms with E-state index in [0.717, 1.165) is 0 Å². The number of phenolic OH excluding ortho intramolecular Hbond substituents is 2. The van der Waals surface area contributed by atoms with Crippen LogP contribution in [0.25, 0.3) is 0 Å². The topological polar surface area (TPSA) is 430 Å². The Bertz CT molecular complexity index is 3250. The largest absolute Gasteiger partial charge is 0.508 e. The first kappa shape index (κ1) is 76.5. The summed E-state index contributed by atoms with van der Waals surface area (Å²) >= 11 is 0. The highest BCUT2D eigenvalue weighted by molar-refractivity contribution is 6.00. The van der Waals surface area contributed by atoms with Crippen molar-refractivity contribution >= 4 is 65.0 Å². The third kappa shape index (κ3) is 24.6. The van der Waals surface area contributed by atoms with Crippen LogP contribution in [0.2, 0.25) is 0 Å². The second kappa shape index (κ2) is 39.5. The van der Waals surface area contributed by atoms with E-state index in [2.05, 4.69) is 53.2 Å². The summed E-state index contributed by atoms with van der Waals surface area (Å²) in [5.74, 6) is -9.80. The minimum absolute atomic E-state index is 0.0289. The third-order valence-corrected chi connectivity index (χ3v) is 17.0. The van der Waals surface area contributed by atoms with Crippen molar-refractivity contribution < 1.29 is 63.0 Å². The molecule has 0 aromatic heterocycles. The third-order valence-electron chi connectivity index (χ3n) is 17.0. The summed E-state index contributed by atoms with van der Waals surface area (Å²) in [6.07, 6.45) is 1.21. The summed E-state index contributed by atoms with van der Waals surface area (Å²) in [4.78, 5) is 164. The van der Waals surface area contributed by atoms with Crippen LogP contribution in [0.1, 0.15) is 120 Å². The lowest BCUT2D eigenvalue weighted by atomic mass is 9.99. The van der Waals surface area contributed by atoms with Gasteiger partial charge in [0.15, 0.2) is 0 Å². The maximum Gasteiger partial charge on any atom is 0.246 e. The zero-order chi connectivity index (χ0) is 70.4. The van der Waals surface area contributed by atoms with Gasteiger partial charge in [0.05, 0.1) is 6.42 Å². The average molecular weight is 1340 g/mol. The van der Waals surface area contributed by atoms with E-state index in [1.54, 1.807) is 86.6 Å². The number of hydrogen-bond acceptors (Lipinski definition) is 16. The number of unbranched alkanes of at least 4 members (excludes halogenated alkanes) is 2.